The Morgan fingerprint density at radius 3 is 2.72 bits per heavy atom. The number of halogens is 1. The summed E-state index contributed by atoms with van der Waals surface area (Å²) in [4.78, 5) is 24.4. The van der Waals surface area contributed by atoms with Crippen LogP contribution in [0.25, 0.3) is 21.3 Å². The molecule has 1 amide bonds. The van der Waals surface area contributed by atoms with Gasteiger partial charge >= 0.3 is 0 Å². The molecule has 1 N–H and O–H groups in total. The normalized spacial score (nSPS) is 13.6. The molecule has 0 radical (unpaired) electrons. The van der Waals surface area contributed by atoms with E-state index in [0.717, 1.165) is 38.5 Å². The molecule has 0 aliphatic heterocycles. The molecule has 2 aromatic carbocycles. The third-order valence-corrected chi connectivity index (χ3v) is 7.11. The van der Waals surface area contributed by atoms with Crippen molar-refractivity contribution in [3.05, 3.63) is 76.3 Å². The molecule has 5 rings (SSSR count). The minimum Gasteiger partial charge on any atom is -0.361 e. The van der Waals surface area contributed by atoms with Crippen LogP contribution in [0.4, 0.5) is 4.39 Å². The second kappa shape index (κ2) is 8.51. The van der Waals surface area contributed by atoms with Crippen LogP contribution in [0.2, 0.25) is 0 Å². The number of fused-ring (bicyclic) bond motifs is 1. The number of thiazole rings is 1. The number of aryl methyl sites for hydroxylation is 2. The van der Waals surface area contributed by atoms with E-state index in [9.17, 15) is 9.18 Å². The second-order valence-electron chi connectivity index (χ2n) is 8.73. The Morgan fingerprint density at radius 2 is 1.97 bits per heavy atom. The minimum absolute atomic E-state index is 0.0113. The second-order valence-corrected chi connectivity index (χ2v) is 9.93. The van der Waals surface area contributed by atoms with Crippen molar-refractivity contribution in [3.8, 4) is 10.4 Å². The van der Waals surface area contributed by atoms with Crippen LogP contribution in [0.5, 0.6) is 0 Å². The Kier molecular flexibility index (Phi) is 5.55. The van der Waals surface area contributed by atoms with Gasteiger partial charge in [-0.1, -0.05) is 29.8 Å². The molecule has 0 bridgehead atoms. The lowest BCUT2D eigenvalue weighted by Crippen LogP contribution is -2.35. The largest absolute Gasteiger partial charge is 0.361 e. The zero-order valence-corrected chi connectivity index (χ0v) is 19.1. The van der Waals surface area contributed by atoms with Crippen LogP contribution >= 0.6 is 11.3 Å². The van der Waals surface area contributed by atoms with E-state index in [0.29, 0.717) is 24.6 Å². The maximum Gasteiger partial charge on any atom is 0.274 e. The highest BCUT2D eigenvalue weighted by molar-refractivity contribution is 7.15. The van der Waals surface area contributed by atoms with Crippen LogP contribution in [0.3, 0.4) is 0 Å². The van der Waals surface area contributed by atoms with E-state index < -0.39 is 0 Å². The zero-order valence-electron chi connectivity index (χ0n) is 18.3. The number of amides is 1. The van der Waals surface area contributed by atoms with Crippen molar-refractivity contribution in [1.29, 1.82) is 0 Å². The number of hydrogen-bond donors (Lipinski definition) is 1. The molecular weight excluding hydrogens is 421 g/mol. The van der Waals surface area contributed by atoms with E-state index in [4.69, 9.17) is 0 Å². The highest BCUT2D eigenvalue weighted by Crippen LogP contribution is 2.34. The summed E-state index contributed by atoms with van der Waals surface area (Å²) in [5.41, 5.74) is 4.71. The summed E-state index contributed by atoms with van der Waals surface area (Å²) in [5.74, 6) is 0.315. The Morgan fingerprint density at radius 1 is 1.19 bits per heavy atom. The van der Waals surface area contributed by atoms with Gasteiger partial charge in [-0.2, -0.15) is 0 Å². The van der Waals surface area contributed by atoms with Crippen molar-refractivity contribution in [2.24, 2.45) is 5.92 Å². The summed E-state index contributed by atoms with van der Waals surface area (Å²) >= 11 is 1.57. The Hall–Kier alpha value is -2.99. The van der Waals surface area contributed by atoms with Gasteiger partial charge in [0.1, 0.15) is 11.5 Å². The minimum atomic E-state index is -0.245. The lowest BCUT2D eigenvalue weighted by molar-refractivity contribution is 0.0745. The highest BCUT2D eigenvalue weighted by atomic mass is 32.1. The molecule has 0 saturated heterocycles. The third kappa shape index (κ3) is 4.32. The van der Waals surface area contributed by atoms with Gasteiger partial charge in [-0.3, -0.25) is 4.79 Å². The number of H-pyrrole nitrogens is 1. The molecule has 2 aromatic heterocycles. The molecule has 0 spiro atoms. The molecule has 0 atom stereocenters. The Bertz CT molecular complexity index is 1270. The first-order valence-electron chi connectivity index (χ1n) is 11.1. The fraction of sp³-hybridized carbons (Fsp3) is 0.308. The van der Waals surface area contributed by atoms with Crippen LogP contribution in [0, 0.1) is 25.6 Å². The number of aromatic amines is 1. The summed E-state index contributed by atoms with van der Waals surface area (Å²) in [7, 11) is 0. The van der Waals surface area contributed by atoms with Gasteiger partial charge in [-0.15, -0.1) is 11.3 Å². The van der Waals surface area contributed by atoms with Crippen LogP contribution in [-0.4, -0.2) is 33.9 Å². The van der Waals surface area contributed by atoms with E-state index in [-0.39, 0.29) is 11.7 Å². The van der Waals surface area contributed by atoms with Gasteiger partial charge in [-0.25, -0.2) is 9.37 Å². The SMILES string of the molecule is Cc1ccc(-c2sc(C)nc2C(=O)N(CCc2c[nH]c3ccc(F)cc23)CC2CC2)cc1. The number of nitrogens with zero attached hydrogens (tertiary/aromatic N) is 2. The molecule has 1 saturated carbocycles. The van der Waals surface area contributed by atoms with E-state index in [1.807, 2.05) is 18.0 Å². The van der Waals surface area contributed by atoms with Crippen LogP contribution in [-0.2, 0) is 6.42 Å². The first kappa shape index (κ1) is 20.9. The van der Waals surface area contributed by atoms with E-state index in [1.165, 1.54) is 24.5 Å². The van der Waals surface area contributed by atoms with E-state index in [2.05, 4.69) is 41.2 Å². The summed E-state index contributed by atoms with van der Waals surface area (Å²) in [6.45, 7) is 5.34. The molecule has 4 aromatic rings. The molecule has 4 nitrogen and oxygen atoms in total. The third-order valence-electron chi connectivity index (χ3n) is 6.09. The molecule has 2 heterocycles. The van der Waals surface area contributed by atoms with Gasteiger partial charge < -0.3 is 9.88 Å². The molecule has 164 valence electrons. The maximum atomic E-state index is 13.8. The maximum absolute atomic E-state index is 13.8. The fourth-order valence-electron chi connectivity index (χ4n) is 4.12. The first-order valence-corrected chi connectivity index (χ1v) is 11.9. The topological polar surface area (TPSA) is 49.0 Å². The van der Waals surface area contributed by atoms with Crippen molar-refractivity contribution < 1.29 is 9.18 Å². The number of hydrogen-bond acceptors (Lipinski definition) is 3. The average molecular weight is 448 g/mol. The molecule has 6 heteroatoms. The molecule has 1 aliphatic rings. The zero-order chi connectivity index (χ0) is 22.2. The van der Waals surface area contributed by atoms with Gasteiger partial charge in [0, 0.05) is 30.2 Å². The molecule has 1 aliphatic carbocycles. The fourth-order valence-corrected chi connectivity index (χ4v) is 5.04. The van der Waals surface area contributed by atoms with Crippen molar-refractivity contribution in [1.82, 2.24) is 14.9 Å². The molecule has 1 fully saturated rings. The predicted octanol–water partition coefficient (Wildman–Crippen LogP) is 6.14. The molecular formula is C26H26FN3OS. The smallest absolute Gasteiger partial charge is 0.274 e. The van der Waals surface area contributed by atoms with E-state index in [1.54, 1.807) is 23.5 Å². The summed E-state index contributed by atoms with van der Waals surface area (Å²) in [6, 6.07) is 13.0. The number of benzene rings is 2. The van der Waals surface area contributed by atoms with Crippen molar-refractivity contribution in [2.75, 3.05) is 13.1 Å². The predicted molar refractivity (Wildman–Crippen MR) is 128 cm³/mol. The number of rotatable bonds is 7. The monoisotopic (exact) mass is 447 g/mol. The summed E-state index contributed by atoms with van der Waals surface area (Å²) in [6.07, 6.45) is 4.94. The molecule has 32 heavy (non-hydrogen) atoms. The highest BCUT2D eigenvalue weighted by Gasteiger charge is 2.30. The van der Waals surface area contributed by atoms with Gasteiger partial charge in [-0.05, 0) is 68.4 Å². The quantitative estimate of drug-likeness (QED) is 0.370. The van der Waals surface area contributed by atoms with Crippen molar-refractivity contribution in [2.45, 2.75) is 33.1 Å². The van der Waals surface area contributed by atoms with Crippen molar-refractivity contribution >= 4 is 28.1 Å². The summed E-state index contributed by atoms with van der Waals surface area (Å²) < 4.78 is 13.8. The summed E-state index contributed by atoms with van der Waals surface area (Å²) in [5, 5.41) is 1.77. The van der Waals surface area contributed by atoms with Gasteiger partial charge in [0.15, 0.2) is 0 Å². The lowest BCUT2D eigenvalue weighted by Gasteiger charge is -2.22. The Labute approximate surface area is 191 Å². The number of carbonyl (C=O) groups is 1. The van der Waals surface area contributed by atoms with Gasteiger partial charge in [0.05, 0.1) is 9.88 Å². The average Bonchev–Trinajstić information content (AvgIpc) is 3.39. The first-order chi connectivity index (χ1) is 15.5. The number of carbonyl (C=O) groups excluding carboxylic acids is 1. The van der Waals surface area contributed by atoms with Crippen LogP contribution in [0.1, 0.15) is 39.5 Å². The molecule has 0 unspecified atom stereocenters. The number of aromatic nitrogens is 2. The lowest BCUT2D eigenvalue weighted by atomic mass is 10.1. The number of nitrogens with one attached hydrogen (secondary N) is 1. The van der Waals surface area contributed by atoms with Crippen LogP contribution in [0.15, 0.2) is 48.7 Å². The van der Waals surface area contributed by atoms with E-state index >= 15 is 0 Å². The van der Waals surface area contributed by atoms with Gasteiger partial charge in [0.2, 0.25) is 0 Å². The van der Waals surface area contributed by atoms with Crippen LogP contribution < -0.4 is 0 Å². The standard InChI is InChI=1S/C26H26FN3OS/c1-16-3-7-19(8-4-16)25-24(29-17(2)32-25)26(31)30(15-18-5-6-18)12-11-20-14-28-23-10-9-21(27)13-22(20)23/h3-4,7-10,13-14,18,28H,5-6,11-12,15H2,1-2H3. The van der Waals surface area contributed by atoms with Crippen molar-refractivity contribution in [3.63, 3.8) is 0 Å². The van der Waals surface area contributed by atoms with Gasteiger partial charge in [0.25, 0.3) is 5.91 Å². The Balaban J connectivity index is 1.41.